The van der Waals surface area contributed by atoms with Gasteiger partial charge in [-0.2, -0.15) is 4.31 Å². The number of carbonyl (C=O) groups excluding carboxylic acids is 1. The Morgan fingerprint density at radius 1 is 0.963 bits per heavy atom. The van der Waals surface area contributed by atoms with Gasteiger partial charge in [0.15, 0.2) is 9.84 Å². The summed E-state index contributed by atoms with van der Waals surface area (Å²) in [6, 6.07) is 13.0. The van der Waals surface area contributed by atoms with E-state index in [1.807, 2.05) is 0 Å². The number of sulfonamides is 1. The number of hydrogen-bond donors (Lipinski definition) is 1. The summed E-state index contributed by atoms with van der Waals surface area (Å²) < 4.78 is 49.9. The van der Waals surface area contributed by atoms with Gasteiger partial charge in [0.05, 0.1) is 9.79 Å². The van der Waals surface area contributed by atoms with Crippen LogP contribution < -0.4 is 5.32 Å². The molecule has 3 rings (SSSR count). The van der Waals surface area contributed by atoms with Crippen molar-refractivity contribution in [2.24, 2.45) is 0 Å². The molecule has 144 valence electrons. The van der Waals surface area contributed by atoms with E-state index < -0.39 is 31.8 Å². The summed E-state index contributed by atoms with van der Waals surface area (Å²) in [6.07, 6.45) is 2.13. The number of nitrogens with zero attached hydrogens (tertiary/aromatic N) is 1. The summed E-state index contributed by atoms with van der Waals surface area (Å²) in [5, 5.41) is 2.68. The van der Waals surface area contributed by atoms with Crippen LogP contribution in [0, 0.1) is 0 Å². The molecule has 1 fully saturated rings. The third kappa shape index (κ3) is 4.20. The molecule has 1 saturated heterocycles. The Morgan fingerprint density at radius 2 is 1.59 bits per heavy atom. The number of benzene rings is 2. The first kappa shape index (κ1) is 19.5. The van der Waals surface area contributed by atoms with Crippen LogP contribution in [0.15, 0.2) is 64.4 Å². The van der Waals surface area contributed by atoms with Crippen LogP contribution in [0.3, 0.4) is 0 Å². The third-order valence-electron chi connectivity index (χ3n) is 4.41. The molecule has 0 spiro atoms. The quantitative estimate of drug-likeness (QED) is 0.814. The minimum absolute atomic E-state index is 0.148. The fourth-order valence-corrected chi connectivity index (χ4v) is 5.34. The van der Waals surface area contributed by atoms with Crippen molar-refractivity contribution in [3.63, 3.8) is 0 Å². The van der Waals surface area contributed by atoms with Crippen LogP contribution in [0.5, 0.6) is 0 Å². The molecule has 2 aromatic rings. The molecule has 7 nitrogen and oxygen atoms in total. The molecule has 0 aromatic heterocycles. The highest BCUT2D eigenvalue weighted by atomic mass is 32.2. The van der Waals surface area contributed by atoms with Crippen molar-refractivity contribution in [2.45, 2.75) is 28.7 Å². The zero-order valence-electron chi connectivity index (χ0n) is 14.7. The first-order chi connectivity index (χ1) is 12.7. The Kier molecular flexibility index (Phi) is 5.36. The zero-order chi connectivity index (χ0) is 19.7. The molecule has 1 amide bonds. The number of hydrogen-bond acceptors (Lipinski definition) is 5. The van der Waals surface area contributed by atoms with E-state index in [2.05, 4.69) is 5.32 Å². The first-order valence-electron chi connectivity index (χ1n) is 8.37. The lowest BCUT2D eigenvalue weighted by Gasteiger charge is -2.23. The van der Waals surface area contributed by atoms with Crippen LogP contribution in [0.4, 0.5) is 5.69 Å². The fourth-order valence-electron chi connectivity index (χ4n) is 3.03. The SMILES string of the molecule is CS(=O)(=O)c1ccc(NC(=O)C2CCCN2S(=O)(=O)c2ccccc2)cc1. The molecule has 2 aromatic carbocycles. The molecular weight excluding hydrogens is 388 g/mol. The van der Waals surface area contributed by atoms with Crippen LogP contribution in [0.2, 0.25) is 0 Å². The Hall–Kier alpha value is -2.23. The monoisotopic (exact) mass is 408 g/mol. The van der Waals surface area contributed by atoms with Gasteiger partial charge in [-0.3, -0.25) is 4.79 Å². The third-order valence-corrected chi connectivity index (χ3v) is 7.46. The van der Waals surface area contributed by atoms with E-state index in [0.29, 0.717) is 18.5 Å². The van der Waals surface area contributed by atoms with E-state index in [1.165, 1.54) is 40.7 Å². The average Bonchev–Trinajstić information content (AvgIpc) is 3.13. The van der Waals surface area contributed by atoms with Gasteiger partial charge < -0.3 is 5.32 Å². The maximum absolute atomic E-state index is 12.8. The molecule has 1 aliphatic heterocycles. The topological polar surface area (TPSA) is 101 Å². The maximum atomic E-state index is 12.8. The van der Waals surface area contributed by atoms with Crippen molar-refractivity contribution >= 4 is 31.5 Å². The second kappa shape index (κ2) is 7.41. The number of nitrogens with one attached hydrogen (secondary N) is 1. The zero-order valence-corrected chi connectivity index (χ0v) is 16.3. The van der Waals surface area contributed by atoms with Gasteiger partial charge in [0.2, 0.25) is 15.9 Å². The minimum atomic E-state index is -3.76. The van der Waals surface area contributed by atoms with Crippen molar-refractivity contribution in [2.75, 3.05) is 18.1 Å². The normalized spacial score (nSPS) is 18.3. The highest BCUT2D eigenvalue weighted by molar-refractivity contribution is 7.90. The molecule has 1 aliphatic rings. The molecule has 1 unspecified atom stereocenters. The van der Waals surface area contributed by atoms with E-state index >= 15 is 0 Å². The van der Waals surface area contributed by atoms with Crippen molar-refractivity contribution in [1.29, 1.82) is 0 Å². The van der Waals surface area contributed by atoms with Gasteiger partial charge in [0.25, 0.3) is 0 Å². The highest BCUT2D eigenvalue weighted by Gasteiger charge is 2.39. The van der Waals surface area contributed by atoms with Gasteiger partial charge in [-0.1, -0.05) is 18.2 Å². The number of sulfone groups is 1. The number of rotatable bonds is 5. The Labute approximate surface area is 159 Å². The van der Waals surface area contributed by atoms with Gasteiger partial charge in [-0.25, -0.2) is 16.8 Å². The molecule has 1 atom stereocenters. The summed E-state index contributed by atoms with van der Waals surface area (Å²) in [5.41, 5.74) is 0.413. The molecular formula is C18H20N2O5S2. The lowest BCUT2D eigenvalue weighted by atomic mass is 10.2. The lowest BCUT2D eigenvalue weighted by Crippen LogP contribution is -2.43. The summed E-state index contributed by atoms with van der Waals surface area (Å²) in [6.45, 7) is 0.280. The van der Waals surface area contributed by atoms with Gasteiger partial charge in [-0.05, 0) is 49.2 Å². The summed E-state index contributed by atoms with van der Waals surface area (Å²) in [7, 11) is -7.08. The Balaban J connectivity index is 1.78. The van der Waals surface area contributed by atoms with E-state index in [4.69, 9.17) is 0 Å². The Bertz CT molecular complexity index is 1030. The van der Waals surface area contributed by atoms with Crippen molar-refractivity contribution in [3.05, 3.63) is 54.6 Å². The molecule has 9 heteroatoms. The van der Waals surface area contributed by atoms with Gasteiger partial charge in [-0.15, -0.1) is 0 Å². The molecule has 1 N–H and O–H groups in total. The molecule has 0 bridgehead atoms. The second-order valence-corrected chi connectivity index (χ2v) is 10.3. The summed E-state index contributed by atoms with van der Waals surface area (Å²) in [4.78, 5) is 13.0. The maximum Gasteiger partial charge on any atom is 0.243 e. The predicted molar refractivity (Wildman–Crippen MR) is 102 cm³/mol. The van der Waals surface area contributed by atoms with E-state index in [-0.39, 0.29) is 16.3 Å². The number of carbonyl (C=O) groups is 1. The van der Waals surface area contributed by atoms with E-state index in [1.54, 1.807) is 18.2 Å². The van der Waals surface area contributed by atoms with Crippen LogP contribution >= 0.6 is 0 Å². The smallest absolute Gasteiger partial charge is 0.243 e. The first-order valence-corrected chi connectivity index (χ1v) is 11.7. The van der Waals surface area contributed by atoms with Crippen LogP contribution in [-0.4, -0.2) is 45.9 Å². The minimum Gasteiger partial charge on any atom is -0.325 e. The van der Waals surface area contributed by atoms with Crippen LogP contribution in [0.25, 0.3) is 0 Å². The van der Waals surface area contributed by atoms with Gasteiger partial charge >= 0.3 is 0 Å². The molecule has 0 radical (unpaired) electrons. The van der Waals surface area contributed by atoms with Crippen molar-refractivity contribution in [3.8, 4) is 0 Å². The fraction of sp³-hybridized carbons (Fsp3) is 0.278. The van der Waals surface area contributed by atoms with Gasteiger partial charge in [0, 0.05) is 18.5 Å². The number of anilines is 1. The van der Waals surface area contributed by atoms with E-state index in [9.17, 15) is 21.6 Å². The largest absolute Gasteiger partial charge is 0.325 e. The Morgan fingerprint density at radius 3 is 2.19 bits per heavy atom. The highest BCUT2D eigenvalue weighted by Crippen LogP contribution is 2.27. The van der Waals surface area contributed by atoms with Gasteiger partial charge in [0.1, 0.15) is 6.04 Å². The number of amides is 1. The molecule has 27 heavy (non-hydrogen) atoms. The average molecular weight is 409 g/mol. The standard InChI is InChI=1S/C18H20N2O5S2/c1-26(22,23)15-11-9-14(10-12-15)19-18(21)17-8-5-13-20(17)27(24,25)16-6-3-2-4-7-16/h2-4,6-7,9-12,17H,5,8,13H2,1H3,(H,19,21). The summed E-state index contributed by atoms with van der Waals surface area (Å²) in [5.74, 6) is -0.431. The van der Waals surface area contributed by atoms with Crippen LogP contribution in [0.1, 0.15) is 12.8 Å². The molecule has 0 saturated carbocycles. The lowest BCUT2D eigenvalue weighted by molar-refractivity contribution is -0.119. The predicted octanol–water partition coefficient (Wildman–Crippen LogP) is 1.88. The molecule has 1 heterocycles. The summed E-state index contributed by atoms with van der Waals surface area (Å²) >= 11 is 0. The van der Waals surface area contributed by atoms with E-state index in [0.717, 1.165) is 6.26 Å². The van der Waals surface area contributed by atoms with Crippen molar-refractivity contribution in [1.82, 2.24) is 4.31 Å². The molecule has 0 aliphatic carbocycles. The van der Waals surface area contributed by atoms with Crippen LogP contribution in [-0.2, 0) is 24.7 Å². The van der Waals surface area contributed by atoms with Crippen molar-refractivity contribution < 1.29 is 21.6 Å². The second-order valence-electron chi connectivity index (χ2n) is 6.37.